The molecule has 0 saturated carbocycles. The molecule has 2 heterocycles. The second-order valence-corrected chi connectivity index (χ2v) is 7.90. The largest absolute Gasteiger partial charge is 0.347 e. The van der Waals surface area contributed by atoms with Gasteiger partial charge in [-0.3, -0.25) is 0 Å². The van der Waals surface area contributed by atoms with Gasteiger partial charge in [-0.05, 0) is 31.2 Å². The second-order valence-electron chi connectivity index (χ2n) is 7.17. The summed E-state index contributed by atoms with van der Waals surface area (Å²) in [6.45, 7) is 4.79. The van der Waals surface area contributed by atoms with Crippen LogP contribution >= 0.6 is 11.5 Å². The van der Waals surface area contributed by atoms with E-state index in [1.807, 2.05) is 0 Å². The van der Waals surface area contributed by atoms with Gasteiger partial charge in [-0.25, -0.2) is 9.78 Å². The smallest absolute Gasteiger partial charge is 0.316 e. The first-order chi connectivity index (χ1) is 12.5. The van der Waals surface area contributed by atoms with E-state index in [0.717, 1.165) is 49.9 Å². The molecule has 2 amide bonds. The molecule has 1 aliphatic heterocycles. The highest BCUT2D eigenvalue weighted by molar-refractivity contribution is 7.09. The van der Waals surface area contributed by atoms with Crippen LogP contribution in [0.15, 0.2) is 24.3 Å². The Labute approximate surface area is 159 Å². The van der Waals surface area contributed by atoms with Gasteiger partial charge in [-0.2, -0.15) is 4.37 Å². The van der Waals surface area contributed by atoms with Gasteiger partial charge in [-0.15, -0.1) is 0 Å². The highest BCUT2D eigenvalue weighted by Gasteiger charge is 2.22. The summed E-state index contributed by atoms with van der Waals surface area (Å²) < 4.78 is 4.53. The molecule has 2 aromatic rings. The molecule has 0 aliphatic carbocycles. The Balaban J connectivity index is 1.48. The molecule has 0 unspecified atom stereocenters. The normalized spacial score (nSPS) is 15.1. The van der Waals surface area contributed by atoms with Crippen LogP contribution in [0.3, 0.4) is 0 Å². The predicted octanol–water partition coefficient (Wildman–Crippen LogP) is 2.92. The average molecular weight is 374 g/mol. The van der Waals surface area contributed by atoms with Gasteiger partial charge in [0.15, 0.2) is 0 Å². The fourth-order valence-corrected chi connectivity index (χ4v) is 3.79. The Hall–Kier alpha value is -2.15. The quantitative estimate of drug-likeness (QED) is 0.875. The first kappa shape index (κ1) is 18.6. The fourth-order valence-electron chi connectivity index (χ4n) is 3.05. The third-order valence-corrected chi connectivity index (χ3v) is 5.59. The minimum atomic E-state index is -0.0164. The lowest BCUT2D eigenvalue weighted by atomic mass is 9.97. The Morgan fingerprint density at radius 3 is 2.62 bits per heavy atom. The minimum Gasteiger partial charge on any atom is -0.347 e. The van der Waals surface area contributed by atoms with Crippen molar-refractivity contribution >= 4 is 22.7 Å². The van der Waals surface area contributed by atoms with Crippen molar-refractivity contribution in [3.05, 3.63) is 41.2 Å². The minimum absolute atomic E-state index is 0.0164. The van der Waals surface area contributed by atoms with Crippen LogP contribution in [0.25, 0.3) is 0 Å². The number of nitrogens with zero attached hydrogens (tertiary/aromatic N) is 4. The molecular weight excluding hydrogens is 346 g/mol. The molecule has 26 heavy (non-hydrogen) atoms. The SMILES string of the molecule is Cc1ccc(Cc2nsc(N3CCC(CNC(=O)N(C)C)CC3)n2)cc1. The van der Waals surface area contributed by atoms with Crippen molar-refractivity contribution in [3.8, 4) is 0 Å². The molecule has 1 saturated heterocycles. The fraction of sp³-hybridized carbons (Fsp3) is 0.526. The number of nitrogens with one attached hydrogen (secondary N) is 1. The zero-order chi connectivity index (χ0) is 18.5. The molecule has 1 N–H and O–H groups in total. The second kappa shape index (κ2) is 8.49. The van der Waals surface area contributed by atoms with Crippen molar-refractivity contribution in [2.24, 2.45) is 5.92 Å². The highest BCUT2D eigenvalue weighted by atomic mass is 32.1. The predicted molar refractivity (Wildman–Crippen MR) is 106 cm³/mol. The average Bonchev–Trinajstić information content (AvgIpc) is 3.10. The lowest BCUT2D eigenvalue weighted by Gasteiger charge is -2.31. The van der Waals surface area contributed by atoms with Crippen molar-refractivity contribution in [2.45, 2.75) is 26.2 Å². The van der Waals surface area contributed by atoms with Gasteiger partial charge >= 0.3 is 6.03 Å². The lowest BCUT2D eigenvalue weighted by Crippen LogP contribution is -2.41. The topological polar surface area (TPSA) is 61.4 Å². The number of aromatic nitrogens is 2. The first-order valence-electron chi connectivity index (χ1n) is 9.09. The van der Waals surface area contributed by atoms with Gasteiger partial charge in [0, 0.05) is 51.7 Å². The molecule has 6 nitrogen and oxygen atoms in total. The maximum Gasteiger partial charge on any atom is 0.316 e. The van der Waals surface area contributed by atoms with Gasteiger partial charge in [0.2, 0.25) is 5.13 Å². The van der Waals surface area contributed by atoms with Crippen molar-refractivity contribution in [3.63, 3.8) is 0 Å². The Kier molecular flexibility index (Phi) is 6.08. The summed E-state index contributed by atoms with van der Waals surface area (Å²) >= 11 is 1.49. The van der Waals surface area contributed by atoms with E-state index in [9.17, 15) is 4.79 Å². The van der Waals surface area contributed by atoms with Crippen molar-refractivity contribution in [1.29, 1.82) is 0 Å². The van der Waals surface area contributed by atoms with E-state index >= 15 is 0 Å². The number of hydrogen-bond donors (Lipinski definition) is 1. The molecule has 1 fully saturated rings. The van der Waals surface area contributed by atoms with Crippen LogP contribution in [-0.4, -0.2) is 54.0 Å². The molecule has 0 bridgehead atoms. The van der Waals surface area contributed by atoms with Crippen LogP contribution < -0.4 is 10.2 Å². The Bertz CT molecular complexity index is 720. The van der Waals surface area contributed by atoms with E-state index in [1.54, 1.807) is 19.0 Å². The molecule has 0 radical (unpaired) electrons. The number of carbonyl (C=O) groups excluding carboxylic acids is 1. The summed E-state index contributed by atoms with van der Waals surface area (Å²) in [6, 6.07) is 8.52. The molecule has 1 aliphatic rings. The number of urea groups is 1. The number of anilines is 1. The molecule has 7 heteroatoms. The van der Waals surface area contributed by atoms with Crippen molar-refractivity contribution in [2.75, 3.05) is 38.6 Å². The van der Waals surface area contributed by atoms with Gasteiger partial charge in [0.25, 0.3) is 0 Å². The van der Waals surface area contributed by atoms with Crippen LogP contribution in [0.5, 0.6) is 0 Å². The zero-order valence-electron chi connectivity index (χ0n) is 15.7. The van der Waals surface area contributed by atoms with Gasteiger partial charge in [0.1, 0.15) is 5.82 Å². The van der Waals surface area contributed by atoms with Crippen molar-refractivity contribution in [1.82, 2.24) is 19.6 Å². The highest BCUT2D eigenvalue weighted by Crippen LogP contribution is 2.25. The van der Waals surface area contributed by atoms with Crippen molar-refractivity contribution < 1.29 is 4.79 Å². The van der Waals surface area contributed by atoms with E-state index in [4.69, 9.17) is 4.98 Å². The molecule has 0 spiro atoms. The molecule has 0 atom stereocenters. The number of hydrogen-bond acceptors (Lipinski definition) is 5. The number of carbonyl (C=O) groups is 1. The van der Waals surface area contributed by atoms with Crippen LogP contribution in [-0.2, 0) is 6.42 Å². The van der Waals surface area contributed by atoms with E-state index in [1.165, 1.54) is 22.7 Å². The monoisotopic (exact) mass is 373 g/mol. The summed E-state index contributed by atoms with van der Waals surface area (Å²) in [4.78, 5) is 20.3. The summed E-state index contributed by atoms with van der Waals surface area (Å²) in [6.07, 6.45) is 2.92. The summed E-state index contributed by atoms with van der Waals surface area (Å²) in [5.41, 5.74) is 2.51. The molecule has 1 aromatic heterocycles. The first-order valence-corrected chi connectivity index (χ1v) is 9.87. The van der Waals surface area contributed by atoms with Crippen LogP contribution in [0, 0.1) is 12.8 Å². The van der Waals surface area contributed by atoms with Crippen LogP contribution in [0.1, 0.15) is 29.8 Å². The van der Waals surface area contributed by atoms with E-state index in [0.29, 0.717) is 5.92 Å². The summed E-state index contributed by atoms with van der Waals surface area (Å²) in [5, 5.41) is 4.00. The van der Waals surface area contributed by atoms with Gasteiger partial charge < -0.3 is 15.1 Å². The number of aryl methyl sites for hydroxylation is 1. The summed E-state index contributed by atoms with van der Waals surface area (Å²) in [5.74, 6) is 1.43. The third kappa shape index (κ3) is 4.94. The number of rotatable bonds is 5. The lowest BCUT2D eigenvalue weighted by molar-refractivity contribution is 0.214. The number of amides is 2. The Morgan fingerprint density at radius 1 is 1.27 bits per heavy atom. The summed E-state index contributed by atoms with van der Waals surface area (Å²) in [7, 11) is 3.53. The van der Waals surface area contributed by atoms with E-state index in [2.05, 4.69) is 45.8 Å². The zero-order valence-corrected chi connectivity index (χ0v) is 16.6. The maximum absolute atomic E-state index is 11.6. The number of piperidine rings is 1. The van der Waals surface area contributed by atoms with Crippen LogP contribution in [0.2, 0.25) is 0 Å². The maximum atomic E-state index is 11.6. The Morgan fingerprint density at radius 2 is 1.96 bits per heavy atom. The third-order valence-electron chi connectivity index (χ3n) is 4.77. The van der Waals surface area contributed by atoms with Crippen LogP contribution in [0.4, 0.5) is 9.93 Å². The van der Waals surface area contributed by atoms with E-state index in [-0.39, 0.29) is 6.03 Å². The van der Waals surface area contributed by atoms with E-state index < -0.39 is 0 Å². The van der Waals surface area contributed by atoms with Gasteiger partial charge in [-0.1, -0.05) is 29.8 Å². The molecular formula is C19H27N5OS. The molecule has 3 rings (SSSR count). The molecule has 140 valence electrons. The molecule has 1 aromatic carbocycles. The van der Waals surface area contributed by atoms with Gasteiger partial charge in [0.05, 0.1) is 0 Å². The number of benzene rings is 1. The standard InChI is InChI=1S/C19H27N5OS/c1-14-4-6-15(7-5-14)12-17-21-19(26-22-17)24-10-8-16(9-11-24)13-20-18(25)23(2)3/h4-7,16H,8-13H2,1-3H3,(H,20,25).